The van der Waals surface area contributed by atoms with Gasteiger partial charge in [0, 0.05) is 19.7 Å². The number of carbonyl (C=O) groups excluding carboxylic acids is 1. The fraction of sp³-hybridized carbons (Fsp3) is 0.909. The molecule has 1 saturated heterocycles. The molecule has 0 spiro atoms. The number of hydrogen-bond donors (Lipinski definition) is 1. The van der Waals surface area contributed by atoms with E-state index >= 15 is 0 Å². The van der Waals surface area contributed by atoms with Crippen LogP contribution in [0.25, 0.3) is 0 Å². The van der Waals surface area contributed by atoms with Gasteiger partial charge in [-0.15, -0.1) is 0 Å². The van der Waals surface area contributed by atoms with Crippen LogP contribution in [0.2, 0.25) is 0 Å². The summed E-state index contributed by atoms with van der Waals surface area (Å²) in [4.78, 5) is 13.6. The highest BCUT2D eigenvalue weighted by atomic mass is 16.5. The zero-order valence-corrected chi connectivity index (χ0v) is 9.74. The van der Waals surface area contributed by atoms with Crippen LogP contribution in [0.4, 0.5) is 0 Å². The van der Waals surface area contributed by atoms with Crippen LogP contribution in [0, 0.1) is 0 Å². The van der Waals surface area contributed by atoms with Gasteiger partial charge in [0.05, 0.1) is 12.1 Å². The van der Waals surface area contributed by atoms with Crippen molar-refractivity contribution in [2.75, 3.05) is 19.7 Å². The van der Waals surface area contributed by atoms with Gasteiger partial charge in [0.25, 0.3) is 0 Å². The van der Waals surface area contributed by atoms with Crippen molar-refractivity contribution in [3.63, 3.8) is 0 Å². The Morgan fingerprint density at radius 2 is 2.33 bits per heavy atom. The summed E-state index contributed by atoms with van der Waals surface area (Å²) >= 11 is 0. The Morgan fingerprint density at radius 1 is 1.60 bits per heavy atom. The molecule has 0 aromatic rings. The van der Waals surface area contributed by atoms with E-state index in [1.807, 2.05) is 18.7 Å². The van der Waals surface area contributed by atoms with E-state index in [2.05, 4.69) is 0 Å². The summed E-state index contributed by atoms with van der Waals surface area (Å²) in [6.45, 7) is 6.16. The van der Waals surface area contributed by atoms with Gasteiger partial charge < -0.3 is 15.4 Å². The Balaban J connectivity index is 2.43. The fourth-order valence-corrected chi connectivity index (χ4v) is 1.82. The van der Waals surface area contributed by atoms with Crippen LogP contribution in [0.5, 0.6) is 0 Å². The molecule has 15 heavy (non-hydrogen) atoms. The summed E-state index contributed by atoms with van der Waals surface area (Å²) in [6.07, 6.45) is 3.08. The van der Waals surface area contributed by atoms with Gasteiger partial charge in [0.2, 0.25) is 5.91 Å². The van der Waals surface area contributed by atoms with Crippen molar-refractivity contribution in [1.29, 1.82) is 0 Å². The molecule has 0 aromatic carbocycles. The van der Waals surface area contributed by atoms with Crippen molar-refractivity contribution >= 4 is 5.91 Å². The first-order valence-electron chi connectivity index (χ1n) is 5.85. The fourth-order valence-electron chi connectivity index (χ4n) is 1.82. The van der Waals surface area contributed by atoms with E-state index in [0.717, 1.165) is 19.4 Å². The van der Waals surface area contributed by atoms with Crippen LogP contribution in [0.3, 0.4) is 0 Å². The summed E-state index contributed by atoms with van der Waals surface area (Å²) in [7, 11) is 0. The van der Waals surface area contributed by atoms with E-state index in [9.17, 15) is 4.79 Å². The van der Waals surface area contributed by atoms with Crippen LogP contribution in [-0.4, -0.2) is 42.6 Å². The Morgan fingerprint density at radius 3 is 2.80 bits per heavy atom. The van der Waals surface area contributed by atoms with Gasteiger partial charge in [-0.25, -0.2) is 0 Å². The highest BCUT2D eigenvalue weighted by molar-refractivity contribution is 5.81. The van der Waals surface area contributed by atoms with E-state index in [4.69, 9.17) is 10.5 Å². The molecule has 0 bridgehead atoms. The number of carbonyl (C=O) groups is 1. The highest BCUT2D eigenvalue weighted by Crippen LogP contribution is 2.13. The van der Waals surface area contributed by atoms with Crippen molar-refractivity contribution < 1.29 is 9.53 Å². The van der Waals surface area contributed by atoms with Crippen molar-refractivity contribution in [2.45, 2.75) is 45.3 Å². The molecule has 0 unspecified atom stereocenters. The summed E-state index contributed by atoms with van der Waals surface area (Å²) in [5.41, 5.74) is 5.74. The largest absolute Gasteiger partial charge is 0.376 e. The molecule has 88 valence electrons. The molecule has 1 aliphatic heterocycles. The molecular formula is C11H22N2O2. The molecule has 0 radical (unpaired) electrons. The van der Waals surface area contributed by atoms with Gasteiger partial charge in [-0.05, 0) is 26.2 Å². The number of nitrogens with zero attached hydrogens (tertiary/aromatic N) is 1. The molecular weight excluding hydrogens is 192 g/mol. The van der Waals surface area contributed by atoms with Gasteiger partial charge in [-0.1, -0.05) is 6.92 Å². The first-order valence-corrected chi connectivity index (χ1v) is 5.85. The molecule has 1 heterocycles. The number of nitrogens with two attached hydrogens (primary N) is 1. The lowest BCUT2D eigenvalue weighted by molar-refractivity contribution is -0.134. The second kappa shape index (κ2) is 6.08. The Bertz CT molecular complexity index is 203. The van der Waals surface area contributed by atoms with Gasteiger partial charge >= 0.3 is 0 Å². The lowest BCUT2D eigenvalue weighted by atomic mass is 10.2. The predicted molar refractivity (Wildman–Crippen MR) is 59.5 cm³/mol. The van der Waals surface area contributed by atoms with Crippen LogP contribution < -0.4 is 5.73 Å². The van der Waals surface area contributed by atoms with Crippen LogP contribution in [-0.2, 0) is 9.53 Å². The van der Waals surface area contributed by atoms with Crippen molar-refractivity contribution in [1.82, 2.24) is 4.90 Å². The molecule has 2 N–H and O–H groups in total. The molecule has 2 atom stereocenters. The quantitative estimate of drug-likeness (QED) is 0.735. The first kappa shape index (κ1) is 12.5. The maximum Gasteiger partial charge on any atom is 0.239 e. The third-order valence-corrected chi connectivity index (χ3v) is 2.90. The third-order valence-electron chi connectivity index (χ3n) is 2.90. The molecule has 1 amide bonds. The Kier molecular flexibility index (Phi) is 5.05. The molecule has 4 heteroatoms. The van der Waals surface area contributed by atoms with E-state index < -0.39 is 0 Å². The lowest BCUT2D eigenvalue weighted by Crippen LogP contribution is -2.46. The standard InChI is InChI=1S/C11H22N2O2/c1-3-10(12)11(14)13(4-2)8-9-6-5-7-15-9/h9-10H,3-8,12H2,1-2H3/t9-,10-/m0/s1. The minimum atomic E-state index is -0.355. The second-order valence-corrected chi connectivity index (χ2v) is 4.03. The topological polar surface area (TPSA) is 55.6 Å². The number of likely N-dealkylation sites (N-methyl/N-ethyl adjacent to an activating group) is 1. The second-order valence-electron chi connectivity index (χ2n) is 4.03. The molecule has 1 aliphatic rings. The molecule has 1 rings (SSSR count). The van der Waals surface area contributed by atoms with Gasteiger partial charge in [-0.2, -0.15) is 0 Å². The molecule has 0 aliphatic carbocycles. The minimum absolute atomic E-state index is 0.0514. The van der Waals surface area contributed by atoms with Crippen LogP contribution in [0.15, 0.2) is 0 Å². The average Bonchev–Trinajstić information content (AvgIpc) is 2.76. The number of ether oxygens (including phenoxy) is 1. The van der Waals surface area contributed by atoms with E-state index in [1.165, 1.54) is 0 Å². The summed E-state index contributed by atoms with van der Waals surface area (Å²) in [5.74, 6) is 0.0514. The van der Waals surface area contributed by atoms with E-state index in [-0.39, 0.29) is 18.1 Å². The smallest absolute Gasteiger partial charge is 0.239 e. The zero-order chi connectivity index (χ0) is 11.3. The number of rotatable bonds is 5. The monoisotopic (exact) mass is 214 g/mol. The Hall–Kier alpha value is -0.610. The predicted octanol–water partition coefficient (Wildman–Crippen LogP) is 0.751. The van der Waals surface area contributed by atoms with Gasteiger partial charge in [0.1, 0.15) is 0 Å². The molecule has 4 nitrogen and oxygen atoms in total. The van der Waals surface area contributed by atoms with Crippen LogP contribution in [0.1, 0.15) is 33.1 Å². The summed E-state index contributed by atoms with van der Waals surface area (Å²) in [5, 5.41) is 0. The SMILES string of the molecule is CC[C@H](N)C(=O)N(CC)C[C@@H]1CCCO1. The maximum atomic E-state index is 11.8. The van der Waals surface area contributed by atoms with Crippen molar-refractivity contribution in [3.8, 4) is 0 Å². The highest BCUT2D eigenvalue weighted by Gasteiger charge is 2.23. The summed E-state index contributed by atoms with van der Waals surface area (Å²) in [6, 6.07) is -0.355. The van der Waals surface area contributed by atoms with Crippen molar-refractivity contribution in [3.05, 3.63) is 0 Å². The van der Waals surface area contributed by atoms with Crippen LogP contribution >= 0.6 is 0 Å². The molecule has 1 fully saturated rings. The average molecular weight is 214 g/mol. The maximum absolute atomic E-state index is 11.8. The normalized spacial score (nSPS) is 22.7. The van der Waals surface area contributed by atoms with Crippen molar-refractivity contribution in [2.24, 2.45) is 5.73 Å². The number of hydrogen-bond acceptors (Lipinski definition) is 3. The lowest BCUT2D eigenvalue weighted by Gasteiger charge is -2.26. The third kappa shape index (κ3) is 3.47. The Labute approximate surface area is 91.8 Å². The zero-order valence-electron chi connectivity index (χ0n) is 9.74. The molecule has 0 saturated carbocycles. The van der Waals surface area contributed by atoms with E-state index in [1.54, 1.807) is 0 Å². The number of amides is 1. The van der Waals surface area contributed by atoms with E-state index in [0.29, 0.717) is 19.5 Å². The van der Waals surface area contributed by atoms with Gasteiger partial charge in [-0.3, -0.25) is 4.79 Å². The first-order chi connectivity index (χ1) is 7.19. The minimum Gasteiger partial charge on any atom is -0.376 e. The van der Waals surface area contributed by atoms with Gasteiger partial charge in [0.15, 0.2) is 0 Å². The summed E-state index contributed by atoms with van der Waals surface area (Å²) < 4.78 is 5.51. The molecule has 0 aromatic heterocycles.